The second-order valence-corrected chi connectivity index (χ2v) is 9.85. The zero-order chi connectivity index (χ0) is 26.3. The van der Waals surface area contributed by atoms with Crippen molar-refractivity contribution >= 4 is 50.3 Å². The smallest absolute Gasteiger partial charge is 0.492 e. The van der Waals surface area contributed by atoms with E-state index in [1.807, 2.05) is 0 Å². The van der Waals surface area contributed by atoms with Gasteiger partial charge in [-0.15, -0.1) is 13.2 Å². The van der Waals surface area contributed by atoms with E-state index in [0.29, 0.717) is 31.7 Å². The molecule has 2 N–H and O–H groups in total. The van der Waals surface area contributed by atoms with Crippen molar-refractivity contribution in [1.29, 1.82) is 0 Å². The van der Waals surface area contributed by atoms with E-state index >= 15 is 0 Å². The molecule has 2 aromatic carbocycles. The maximum atomic E-state index is 13.0. The zero-order valence-corrected chi connectivity index (χ0v) is 22.0. The van der Waals surface area contributed by atoms with Gasteiger partial charge in [-0.1, -0.05) is 6.07 Å². The normalized spacial score (nSPS) is 18.7. The molecule has 2 atom stereocenters. The molecule has 36 heavy (non-hydrogen) atoms. The number of alkyl halides is 3. The van der Waals surface area contributed by atoms with Crippen LogP contribution in [0.4, 0.5) is 24.5 Å². The van der Waals surface area contributed by atoms with Gasteiger partial charge in [0.25, 0.3) is 10.0 Å². The van der Waals surface area contributed by atoms with Crippen LogP contribution in [0.25, 0.3) is 0 Å². The van der Waals surface area contributed by atoms with E-state index < -0.39 is 28.1 Å². The summed E-state index contributed by atoms with van der Waals surface area (Å²) in [7, 11) is -4.27. The Labute approximate surface area is 220 Å². The summed E-state index contributed by atoms with van der Waals surface area (Å²) < 4.78 is 85.9. The Bertz CT molecular complexity index is 1160. The Balaban J connectivity index is 1.81. The average molecular weight is 644 g/mol. The van der Waals surface area contributed by atoms with Gasteiger partial charge in [0, 0.05) is 31.0 Å². The molecule has 14 heteroatoms. The number of rotatable bonds is 9. The molecule has 1 fully saturated rings. The number of sulfonamides is 1. The highest BCUT2D eigenvalue weighted by molar-refractivity contribution is 14.1. The van der Waals surface area contributed by atoms with Crippen molar-refractivity contribution in [2.45, 2.75) is 37.1 Å². The Morgan fingerprint density at radius 1 is 1.14 bits per heavy atom. The van der Waals surface area contributed by atoms with Gasteiger partial charge in [-0.25, -0.2) is 8.42 Å². The number of carbonyl (C=O) groups is 1. The third-order valence-corrected chi connectivity index (χ3v) is 7.21. The van der Waals surface area contributed by atoms with Crippen molar-refractivity contribution in [1.82, 2.24) is 0 Å². The Hall–Kier alpha value is -2.30. The fourth-order valence-corrected chi connectivity index (χ4v) is 5.37. The highest BCUT2D eigenvalue weighted by Crippen LogP contribution is 2.32. The van der Waals surface area contributed by atoms with Crippen molar-refractivity contribution in [3.63, 3.8) is 0 Å². The molecule has 198 valence electrons. The van der Waals surface area contributed by atoms with Gasteiger partial charge in [0.2, 0.25) is 5.91 Å². The lowest BCUT2D eigenvalue weighted by Crippen LogP contribution is -2.33. The number of ether oxygens (including phenoxy) is 3. The minimum absolute atomic E-state index is 0.0450. The van der Waals surface area contributed by atoms with Gasteiger partial charge in [-0.2, -0.15) is 0 Å². The van der Waals surface area contributed by atoms with Crippen LogP contribution in [0.5, 0.6) is 11.5 Å². The van der Waals surface area contributed by atoms with E-state index in [4.69, 9.17) is 12.5 Å². The van der Waals surface area contributed by atoms with Crippen LogP contribution >= 0.6 is 23.0 Å². The number of anilines is 2. The number of halogens is 4. The number of hydrogen-bond donors (Lipinski definition) is 2. The lowest BCUT2D eigenvalue weighted by molar-refractivity contribution is -0.274. The first-order chi connectivity index (χ1) is 17.0. The van der Waals surface area contributed by atoms with E-state index in [0.717, 1.165) is 12.1 Å². The minimum Gasteiger partial charge on any atom is -0.492 e. The Morgan fingerprint density at radius 3 is 2.58 bits per heavy atom. The van der Waals surface area contributed by atoms with Crippen LogP contribution in [-0.2, 0) is 22.6 Å². The summed E-state index contributed by atoms with van der Waals surface area (Å²) in [5, 5.41) is 2.76. The third kappa shape index (κ3) is 7.85. The number of carbonyl (C=O) groups excluding carboxylic acids is 1. The molecule has 1 amide bonds. The molecule has 0 aromatic heterocycles. The number of amides is 1. The second-order valence-electron chi connectivity index (χ2n) is 7.69. The standard InChI is InChI=1S/C22H24F3IN2O7S/c1-2-33-19-13-14(27-21(29)17-8-10-32-11-9-18(17)35-26)6-7-20(19)36(30,31)28-15-4-3-5-16(12-15)34-22(23,24)25/h3-7,12-13,17-18,28H,2,8-11H2,1H3,(H,27,29)/t17-,18+/m1/s1. The topological polar surface area (TPSA) is 112 Å². The van der Waals surface area contributed by atoms with E-state index in [-0.39, 0.29) is 35.0 Å². The van der Waals surface area contributed by atoms with Crippen molar-refractivity contribution < 1.29 is 43.7 Å². The summed E-state index contributed by atoms with van der Waals surface area (Å²) in [5.74, 6) is -1.39. The molecule has 0 saturated carbocycles. The highest BCUT2D eigenvalue weighted by atomic mass is 127. The van der Waals surface area contributed by atoms with Crippen LogP contribution in [0.1, 0.15) is 19.8 Å². The lowest BCUT2D eigenvalue weighted by Gasteiger charge is -2.21. The molecule has 1 aliphatic heterocycles. The van der Waals surface area contributed by atoms with E-state index in [1.165, 1.54) is 30.3 Å². The second kappa shape index (κ2) is 12.3. The summed E-state index contributed by atoms with van der Waals surface area (Å²) in [6.45, 7) is 2.67. The molecular formula is C22H24F3IN2O7S. The van der Waals surface area contributed by atoms with E-state index in [1.54, 1.807) is 29.9 Å². The van der Waals surface area contributed by atoms with Gasteiger partial charge in [-0.05, 0) is 44.0 Å². The SMILES string of the molecule is CCOc1cc(NC(=O)[C@@H]2CCOCC[C@@H]2OI)ccc1S(=O)(=O)Nc1cccc(OC(F)(F)F)c1. The van der Waals surface area contributed by atoms with Gasteiger partial charge in [-0.3, -0.25) is 9.52 Å². The summed E-state index contributed by atoms with van der Waals surface area (Å²) >= 11 is 1.76. The molecule has 0 radical (unpaired) electrons. The summed E-state index contributed by atoms with van der Waals surface area (Å²) in [6.07, 6.45) is -4.23. The molecule has 9 nitrogen and oxygen atoms in total. The van der Waals surface area contributed by atoms with Crippen LogP contribution < -0.4 is 19.5 Å². The maximum absolute atomic E-state index is 13.0. The predicted octanol–water partition coefficient (Wildman–Crippen LogP) is 4.89. The van der Waals surface area contributed by atoms with E-state index in [9.17, 15) is 26.4 Å². The monoisotopic (exact) mass is 644 g/mol. The fraction of sp³-hybridized carbons (Fsp3) is 0.409. The molecule has 0 unspecified atom stereocenters. The molecule has 0 spiro atoms. The molecule has 2 aromatic rings. The first-order valence-electron chi connectivity index (χ1n) is 10.8. The molecule has 0 bridgehead atoms. The summed E-state index contributed by atoms with van der Waals surface area (Å²) in [5.41, 5.74) is 0.164. The zero-order valence-electron chi connectivity index (χ0n) is 19.0. The molecular weight excluding hydrogens is 620 g/mol. The van der Waals surface area contributed by atoms with Gasteiger partial charge in [0.15, 0.2) is 0 Å². The largest absolute Gasteiger partial charge is 0.573 e. The van der Waals surface area contributed by atoms with Gasteiger partial charge < -0.3 is 22.6 Å². The van der Waals surface area contributed by atoms with Crippen molar-refractivity contribution in [2.24, 2.45) is 5.92 Å². The highest BCUT2D eigenvalue weighted by Gasteiger charge is 2.32. The van der Waals surface area contributed by atoms with Crippen LogP contribution in [0.3, 0.4) is 0 Å². The molecule has 1 aliphatic rings. The summed E-state index contributed by atoms with van der Waals surface area (Å²) in [6, 6.07) is 8.44. The minimum atomic E-state index is -4.92. The van der Waals surface area contributed by atoms with Crippen molar-refractivity contribution in [3.05, 3.63) is 42.5 Å². The number of nitrogens with one attached hydrogen (secondary N) is 2. The number of benzene rings is 2. The molecule has 0 aliphatic carbocycles. The lowest BCUT2D eigenvalue weighted by atomic mass is 9.96. The average Bonchev–Trinajstić information content (AvgIpc) is 3.04. The summed E-state index contributed by atoms with van der Waals surface area (Å²) in [4.78, 5) is 12.6. The van der Waals surface area contributed by atoms with Crippen LogP contribution in [0.2, 0.25) is 0 Å². The van der Waals surface area contributed by atoms with Gasteiger partial charge >= 0.3 is 6.36 Å². The molecule has 3 rings (SSSR count). The molecule has 1 saturated heterocycles. The Kier molecular flexibility index (Phi) is 9.66. The third-order valence-electron chi connectivity index (χ3n) is 5.14. The fourth-order valence-electron chi connectivity index (χ4n) is 3.58. The quantitative estimate of drug-likeness (QED) is 0.375. The van der Waals surface area contributed by atoms with Gasteiger partial charge in [0.1, 0.15) is 39.4 Å². The van der Waals surface area contributed by atoms with Gasteiger partial charge in [0.05, 0.1) is 24.3 Å². The first-order valence-corrected chi connectivity index (χ1v) is 13.2. The van der Waals surface area contributed by atoms with Crippen LogP contribution in [-0.4, -0.2) is 46.6 Å². The van der Waals surface area contributed by atoms with Crippen LogP contribution in [0, 0.1) is 5.92 Å². The Morgan fingerprint density at radius 2 is 1.89 bits per heavy atom. The number of hydrogen-bond acceptors (Lipinski definition) is 7. The first kappa shape index (κ1) is 28.3. The maximum Gasteiger partial charge on any atom is 0.573 e. The van der Waals surface area contributed by atoms with E-state index in [2.05, 4.69) is 14.8 Å². The predicted molar refractivity (Wildman–Crippen MR) is 133 cm³/mol. The van der Waals surface area contributed by atoms with Crippen LogP contribution in [0.15, 0.2) is 47.4 Å². The van der Waals surface area contributed by atoms with Crippen molar-refractivity contribution in [2.75, 3.05) is 29.9 Å². The molecule has 1 heterocycles. The van der Waals surface area contributed by atoms with Crippen molar-refractivity contribution in [3.8, 4) is 11.5 Å².